The standard InChI is InChI=1S/C19H17BrN2O/c1-13-5-4-6-14(11-13)9-10-18-21-17(19(23)22-18)12-15-7-2-3-8-16(15)20/h2-8,11-12H,9-10H2,1H3,(H,21,22,23)/b17-12-. The highest BCUT2D eigenvalue weighted by Gasteiger charge is 2.19. The van der Waals surface area contributed by atoms with E-state index in [1.54, 1.807) is 6.08 Å². The highest BCUT2D eigenvalue weighted by atomic mass is 79.9. The number of amides is 1. The molecular weight excluding hydrogens is 352 g/mol. The van der Waals surface area contributed by atoms with Crippen molar-refractivity contribution in [3.8, 4) is 0 Å². The van der Waals surface area contributed by atoms with Crippen LogP contribution in [0.3, 0.4) is 0 Å². The van der Waals surface area contributed by atoms with E-state index in [9.17, 15) is 4.79 Å². The molecule has 3 nitrogen and oxygen atoms in total. The molecule has 0 saturated heterocycles. The predicted molar refractivity (Wildman–Crippen MR) is 97.2 cm³/mol. The maximum Gasteiger partial charge on any atom is 0.275 e. The fourth-order valence-electron chi connectivity index (χ4n) is 2.51. The molecule has 4 heteroatoms. The zero-order chi connectivity index (χ0) is 16.2. The van der Waals surface area contributed by atoms with E-state index in [1.807, 2.05) is 24.3 Å². The SMILES string of the molecule is Cc1cccc(CCC2=N/C(=C\c3ccccc3Br)C(=O)N2)c1. The van der Waals surface area contributed by atoms with Crippen LogP contribution >= 0.6 is 15.9 Å². The number of hydrogen-bond acceptors (Lipinski definition) is 2. The van der Waals surface area contributed by atoms with Gasteiger partial charge in [0.2, 0.25) is 0 Å². The van der Waals surface area contributed by atoms with Gasteiger partial charge in [0.15, 0.2) is 0 Å². The second-order valence-corrected chi connectivity index (χ2v) is 6.41. The molecule has 1 aliphatic heterocycles. The van der Waals surface area contributed by atoms with Gasteiger partial charge in [0.1, 0.15) is 11.5 Å². The number of benzene rings is 2. The van der Waals surface area contributed by atoms with Crippen molar-refractivity contribution in [2.75, 3.05) is 0 Å². The Hall–Kier alpha value is -2.20. The second-order valence-electron chi connectivity index (χ2n) is 5.55. The van der Waals surface area contributed by atoms with Crippen LogP contribution in [0.1, 0.15) is 23.1 Å². The summed E-state index contributed by atoms with van der Waals surface area (Å²) in [7, 11) is 0. The summed E-state index contributed by atoms with van der Waals surface area (Å²) in [4.78, 5) is 16.5. The molecule has 0 spiro atoms. The zero-order valence-electron chi connectivity index (χ0n) is 12.8. The smallest absolute Gasteiger partial charge is 0.275 e. The molecule has 0 unspecified atom stereocenters. The number of rotatable bonds is 4. The molecule has 1 heterocycles. The van der Waals surface area contributed by atoms with Crippen LogP contribution in [0.5, 0.6) is 0 Å². The van der Waals surface area contributed by atoms with E-state index in [4.69, 9.17) is 0 Å². The number of halogens is 1. The molecule has 0 radical (unpaired) electrons. The summed E-state index contributed by atoms with van der Waals surface area (Å²) in [5.74, 6) is 0.592. The van der Waals surface area contributed by atoms with Crippen molar-refractivity contribution in [3.63, 3.8) is 0 Å². The van der Waals surface area contributed by atoms with Gasteiger partial charge in [-0.2, -0.15) is 0 Å². The van der Waals surface area contributed by atoms with Gasteiger partial charge < -0.3 is 5.32 Å². The average molecular weight is 369 g/mol. The Morgan fingerprint density at radius 1 is 1.13 bits per heavy atom. The van der Waals surface area contributed by atoms with Gasteiger partial charge in [0.25, 0.3) is 5.91 Å². The maximum absolute atomic E-state index is 12.1. The molecule has 116 valence electrons. The first kappa shape index (κ1) is 15.7. The van der Waals surface area contributed by atoms with E-state index in [0.29, 0.717) is 5.70 Å². The third kappa shape index (κ3) is 3.96. The lowest BCUT2D eigenvalue weighted by molar-refractivity contribution is -0.115. The summed E-state index contributed by atoms with van der Waals surface area (Å²) < 4.78 is 0.948. The summed E-state index contributed by atoms with van der Waals surface area (Å²) >= 11 is 3.48. The van der Waals surface area contributed by atoms with Gasteiger partial charge in [-0.25, -0.2) is 4.99 Å². The molecule has 2 aromatic carbocycles. The van der Waals surface area contributed by atoms with Crippen molar-refractivity contribution in [1.82, 2.24) is 5.32 Å². The number of aryl methyl sites for hydroxylation is 2. The van der Waals surface area contributed by atoms with Crippen LogP contribution in [-0.2, 0) is 11.2 Å². The molecule has 23 heavy (non-hydrogen) atoms. The minimum atomic E-state index is -0.139. The van der Waals surface area contributed by atoms with Crippen molar-refractivity contribution in [3.05, 3.63) is 75.4 Å². The van der Waals surface area contributed by atoms with E-state index in [-0.39, 0.29) is 5.91 Å². The summed E-state index contributed by atoms with van der Waals surface area (Å²) in [5, 5.41) is 2.86. The molecular formula is C19H17BrN2O. The highest BCUT2D eigenvalue weighted by molar-refractivity contribution is 9.10. The van der Waals surface area contributed by atoms with Crippen LogP contribution in [0.25, 0.3) is 6.08 Å². The van der Waals surface area contributed by atoms with E-state index in [2.05, 4.69) is 57.4 Å². The summed E-state index contributed by atoms with van der Waals surface area (Å²) in [6.07, 6.45) is 3.39. The van der Waals surface area contributed by atoms with Crippen molar-refractivity contribution >= 4 is 33.7 Å². The molecule has 0 saturated carbocycles. The number of hydrogen-bond donors (Lipinski definition) is 1. The summed E-state index contributed by atoms with van der Waals surface area (Å²) in [6, 6.07) is 16.2. The first-order chi connectivity index (χ1) is 11.1. The number of carbonyl (C=O) groups excluding carboxylic acids is 1. The minimum absolute atomic E-state index is 0.139. The Labute approximate surface area is 144 Å². The van der Waals surface area contributed by atoms with E-state index in [1.165, 1.54) is 11.1 Å². The Morgan fingerprint density at radius 3 is 2.74 bits per heavy atom. The molecule has 0 bridgehead atoms. The lowest BCUT2D eigenvalue weighted by atomic mass is 10.1. The molecule has 3 rings (SSSR count). The van der Waals surface area contributed by atoms with Gasteiger partial charge in [0.05, 0.1) is 0 Å². The molecule has 0 aliphatic carbocycles. The third-order valence-electron chi connectivity index (χ3n) is 3.68. The quantitative estimate of drug-likeness (QED) is 0.804. The topological polar surface area (TPSA) is 41.5 Å². The predicted octanol–water partition coefficient (Wildman–Crippen LogP) is 4.26. The Kier molecular flexibility index (Phi) is 4.72. The van der Waals surface area contributed by atoms with E-state index < -0.39 is 0 Å². The van der Waals surface area contributed by atoms with Crippen molar-refractivity contribution in [2.24, 2.45) is 4.99 Å². The molecule has 1 amide bonds. The molecule has 0 atom stereocenters. The fourth-order valence-corrected chi connectivity index (χ4v) is 2.90. The largest absolute Gasteiger partial charge is 0.309 e. The average Bonchev–Trinajstić information content (AvgIpc) is 2.88. The van der Waals surface area contributed by atoms with E-state index >= 15 is 0 Å². The number of nitrogens with zero attached hydrogens (tertiary/aromatic N) is 1. The number of nitrogens with one attached hydrogen (secondary N) is 1. The first-order valence-corrected chi connectivity index (χ1v) is 8.32. The lowest BCUT2D eigenvalue weighted by Crippen LogP contribution is -2.24. The highest BCUT2D eigenvalue weighted by Crippen LogP contribution is 2.21. The second kappa shape index (κ2) is 6.92. The summed E-state index contributed by atoms with van der Waals surface area (Å²) in [6.45, 7) is 2.08. The number of aliphatic imine (C=N–C) groups is 1. The minimum Gasteiger partial charge on any atom is -0.309 e. The van der Waals surface area contributed by atoms with Crippen molar-refractivity contribution in [1.29, 1.82) is 0 Å². The van der Waals surface area contributed by atoms with Crippen LogP contribution in [0.2, 0.25) is 0 Å². The maximum atomic E-state index is 12.1. The Bertz CT molecular complexity index is 809. The van der Waals surface area contributed by atoms with Gasteiger partial charge in [-0.15, -0.1) is 0 Å². The van der Waals surface area contributed by atoms with Crippen LogP contribution in [0, 0.1) is 6.92 Å². The lowest BCUT2D eigenvalue weighted by Gasteiger charge is -2.02. The Balaban J connectivity index is 1.73. The van der Waals surface area contributed by atoms with Crippen LogP contribution in [-0.4, -0.2) is 11.7 Å². The van der Waals surface area contributed by atoms with Crippen molar-refractivity contribution < 1.29 is 4.79 Å². The van der Waals surface area contributed by atoms with Gasteiger partial charge in [-0.1, -0.05) is 64.0 Å². The van der Waals surface area contributed by atoms with Crippen molar-refractivity contribution in [2.45, 2.75) is 19.8 Å². The van der Waals surface area contributed by atoms with Gasteiger partial charge in [-0.05, 0) is 36.6 Å². The molecule has 0 aromatic heterocycles. The number of carbonyl (C=O) groups is 1. The summed E-state index contributed by atoms with van der Waals surface area (Å²) in [5.41, 5.74) is 3.90. The zero-order valence-corrected chi connectivity index (χ0v) is 14.4. The molecule has 1 aliphatic rings. The molecule has 0 fully saturated rings. The van der Waals surface area contributed by atoms with Crippen LogP contribution in [0.4, 0.5) is 0 Å². The Morgan fingerprint density at radius 2 is 1.96 bits per heavy atom. The first-order valence-electron chi connectivity index (χ1n) is 7.52. The number of amidine groups is 1. The molecule has 1 N–H and O–H groups in total. The van der Waals surface area contributed by atoms with Gasteiger partial charge in [-0.3, -0.25) is 4.79 Å². The van der Waals surface area contributed by atoms with Gasteiger partial charge >= 0.3 is 0 Å². The van der Waals surface area contributed by atoms with E-state index in [0.717, 1.165) is 28.7 Å². The monoisotopic (exact) mass is 368 g/mol. The van der Waals surface area contributed by atoms with Gasteiger partial charge in [0, 0.05) is 10.9 Å². The van der Waals surface area contributed by atoms with Crippen LogP contribution < -0.4 is 5.32 Å². The normalized spacial score (nSPS) is 15.7. The third-order valence-corrected chi connectivity index (χ3v) is 4.40. The molecule has 2 aromatic rings. The van der Waals surface area contributed by atoms with Crippen LogP contribution in [0.15, 0.2) is 63.7 Å². The fraction of sp³-hybridized carbons (Fsp3) is 0.158.